The first kappa shape index (κ1) is 13.6. The average molecular weight is 294 g/mol. The molecule has 1 aromatic rings. The van der Waals surface area contributed by atoms with Crippen LogP contribution in [0.25, 0.3) is 0 Å². The highest BCUT2D eigenvalue weighted by Crippen LogP contribution is 2.51. The minimum Gasteiger partial charge on any atom is -0.496 e. The second-order valence-corrected chi connectivity index (χ2v) is 6.61. The van der Waals surface area contributed by atoms with Gasteiger partial charge in [-0.15, -0.1) is 0 Å². The van der Waals surface area contributed by atoms with E-state index in [0.29, 0.717) is 0 Å². The molecule has 2 amide bonds. The lowest BCUT2D eigenvalue weighted by molar-refractivity contribution is -0.0154. The van der Waals surface area contributed by atoms with E-state index in [-0.39, 0.29) is 16.9 Å². The molecule has 1 saturated heterocycles. The van der Waals surface area contributed by atoms with Crippen LogP contribution in [-0.4, -0.2) is 36.1 Å². The molecule has 2 unspecified atom stereocenters. The second kappa shape index (κ2) is 4.56. The van der Waals surface area contributed by atoms with Gasteiger partial charge in [0, 0.05) is 12.0 Å². The summed E-state index contributed by atoms with van der Waals surface area (Å²) in [6, 6.07) is 5.80. The number of hydrogen-bond donors (Lipinski definition) is 1. The number of rotatable bonds is 2. The molecule has 2 heterocycles. The fourth-order valence-electron chi connectivity index (χ4n) is 2.83. The number of amides is 2. The molecule has 20 heavy (non-hydrogen) atoms. The van der Waals surface area contributed by atoms with Gasteiger partial charge in [-0.3, -0.25) is 4.90 Å². The van der Waals surface area contributed by atoms with Crippen LogP contribution in [0.3, 0.4) is 0 Å². The molecule has 1 fully saturated rings. The Morgan fingerprint density at radius 3 is 2.75 bits per heavy atom. The number of methoxy groups -OCH3 is 2. The molecular weight excluding hydrogens is 276 g/mol. The second-order valence-electron chi connectivity index (χ2n) is 5.49. The quantitative estimate of drug-likeness (QED) is 0.911. The largest absolute Gasteiger partial charge is 0.496 e. The molecule has 0 aromatic heterocycles. The molecule has 0 spiro atoms. The zero-order chi connectivity index (χ0) is 14.5. The van der Waals surface area contributed by atoms with Crippen molar-refractivity contribution in [2.75, 3.05) is 14.2 Å². The van der Waals surface area contributed by atoms with Gasteiger partial charge < -0.3 is 14.8 Å². The van der Waals surface area contributed by atoms with E-state index < -0.39 is 6.23 Å². The maximum Gasteiger partial charge on any atom is 0.321 e. The Bertz CT molecular complexity index is 561. The van der Waals surface area contributed by atoms with E-state index in [4.69, 9.17) is 9.47 Å². The Morgan fingerprint density at radius 2 is 2.10 bits per heavy atom. The maximum atomic E-state index is 12.3. The lowest BCUT2D eigenvalue weighted by Crippen LogP contribution is -2.45. The monoisotopic (exact) mass is 294 g/mol. The first-order chi connectivity index (χ1) is 9.49. The normalized spacial score (nSPS) is 26.8. The molecule has 2 aliphatic rings. The van der Waals surface area contributed by atoms with Crippen LogP contribution in [0.2, 0.25) is 0 Å². The van der Waals surface area contributed by atoms with E-state index in [0.717, 1.165) is 16.2 Å². The van der Waals surface area contributed by atoms with Crippen molar-refractivity contribution in [1.29, 1.82) is 0 Å². The van der Waals surface area contributed by atoms with Crippen LogP contribution in [0.1, 0.15) is 25.6 Å². The van der Waals surface area contributed by atoms with Crippen molar-refractivity contribution in [2.24, 2.45) is 0 Å². The van der Waals surface area contributed by atoms with Crippen LogP contribution in [0.4, 0.5) is 4.79 Å². The number of fused-ring (bicyclic) bond motifs is 2. The fraction of sp³-hybridized carbons (Fsp3) is 0.500. The van der Waals surface area contributed by atoms with E-state index in [1.54, 1.807) is 30.9 Å². The zero-order valence-corrected chi connectivity index (χ0v) is 12.8. The van der Waals surface area contributed by atoms with Gasteiger partial charge in [0.25, 0.3) is 0 Å². The van der Waals surface area contributed by atoms with Crippen LogP contribution in [-0.2, 0) is 4.74 Å². The smallest absolute Gasteiger partial charge is 0.321 e. The Hall–Kier alpha value is -1.40. The van der Waals surface area contributed by atoms with Crippen LogP contribution >= 0.6 is 11.8 Å². The van der Waals surface area contributed by atoms with Crippen LogP contribution < -0.4 is 10.1 Å². The van der Waals surface area contributed by atoms with Gasteiger partial charge in [-0.2, -0.15) is 0 Å². The highest BCUT2D eigenvalue weighted by Gasteiger charge is 2.52. The summed E-state index contributed by atoms with van der Waals surface area (Å²) in [4.78, 5) is 15.1. The van der Waals surface area contributed by atoms with Gasteiger partial charge in [-0.05, 0) is 26.0 Å². The Labute approximate surface area is 122 Å². The van der Waals surface area contributed by atoms with Crippen molar-refractivity contribution >= 4 is 17.8 Å². The SMILES string of the molecule is COc1cccc2c1C(OC)N1C(=O)NC(C)(C)C1S2. The third-order valence-electron chi connectivity index (χ3n) is 3.74. The maximum absolute atomic E-state index is 12.3. The van der Waals surface area contributed by atoms with Crippen molar-refractivity contribution in [3.05, 3.63) is 23.8 Å². The topological polar surface area (TPSA) is 50.8 Å². The van der Waals surface area contributed by atoms with Gasteiger partial charge in [0.05, 0.1) is 18.2 Å². The predicted octanol–water partition coefficient (Wildman–Crippen LogP) is 2.58. The molecule has 5 nitrogen and oxygen atoms in total. The fourth-order valence-corrected chi connectivity index (χ4v) is 4.23. The molecule has 0 saturated carbocycles. The summed E-state index contributed by atoms with van der Waals surface area (Å²) in [5, 5.41) is 3.02. The zero-order valence-electron chi connectivity index (χ0n) is 12.0. The number of benzene rings is 1. The van der Waals surface area contributed by atoms with Crippen molar-refractivity contribution in [2.45, 2.75) is 35.9 Å². The molecule has 1 N–H and O–H groups in total. The van der Waals surface area contributed by atoms with Gasteiger partial charge in [-0.25, -0.2) is 4.79 Å². The summed E-state index contributed by atoms with van der Waals surface area (Å²) in [5.41, 5.74) is 0.617. The standard InChI is InChI=1S/C14H18N2O3S/c1-14(2)12-16(13(17)15-14)11(19-4)10-8(18-3)6-5-7-9(10)20-12/h5-7,11-12H,1-4H3,(H,15,17). The van der Waals surface area contributed by atoms with Crippen molar-refractivity contribution in [3.8, 4) is 5.75 Å². The predicted molar refractivity (Wildman–Crippen MR) is 76.8 cm³/mol. The van der Waals surface area contributed by atoms with E-state index >= 15 is 0 Å². The van der Waals surface area contributed by atoms with Crippen LogP contribution in [0.5, 0.6) is 5.75 Å². The van der Waals surface area contributed by atoms with E-state index in [2.05, 4.69) is 5.32 Å². The van der Waals surface area contributed by atoms with Crippen LogP contribution in [0.15, 0.2) is 23.1 Å². The van der Waals surface area contributed by atoms with E-state index in [1.165, 1.54) is 0 Å². The molecule has 3 rings (SSSR count). The number of thioether (sulfide) groups is 1. The van der Waals surface area contributed by atoms with Crippen molar-refractivity contribution < 1.29 is 14.3 Å². The number of urea groups is 1. The molecule has 0 aliphatic carbocycles. The van der Waals surface area contributed by atoms with E-state index in [9.17, 15) is 4.79 Å². The van der Waals surface area contributed by atoms with Crippen molar-refractivity contribution in [1.82, 2.24) is 10.2 Å². The van der Waals surface area contributed by atoms with Crippen LogP contribution in [0, 0.1) is 0 Å². The molecule has 2 aliphatic heterocycles. The number of carbonyl (C=O) groups is 1. The molecule has 0 bridgehead atoms. The molecule has 1 aromatic carbocycles. The highest BCUT2D eigenvalue weighted by atomic mass is 32.2. The van der Waals surface area contributed by atoms with Gasteiger partial charge >= 0.3 is 6.03 Å². The number of nitrogens with one attached hydrogen (secondary N) is 1. The lowest BCUT2D eigenvalue weighted by Gasteiger charge is -2.40. The summed E-state index contributed by atoms with van der Waals surface area (Å²) in [7, 11) is 3.25. The Morgan fingerprint density at radius 1 is 1.35 bits per heavy atom. The Balaban J connectivity index is 2.15. The summed E-state index contributed by atoms with van der Waals surface area (Å²) >= 11 is 1.67. The third kappa shape index (κ3) is 1.78. The average Bonchev–Trinajstić information content (AvgIpc) is 2.65. The third-order valence-corrected chi connectivity index (χ3v) is 5.39. The molecule has 108 valence electrons. The number of ether oxygens (including phenoxy) is 2. The highest BCUT2D eigenvalue weighted by molar-refractivity contribution is 8.00. The van der Waals surface area contributed by atoms with Gasteiger partial charge in [-0.1, -0.05) is 17.8 Å². The first-order valence-electron chi connectivity index (χ1n) is 6.46. The minimum absolute atomic E-state index is 0.000411. The van der Waals surface area contributed by atoms with Gasteiger partial charge in [0.2, 0.25) is 0 Å². The first-order valence-corrected chi connectivity index (χ1v) is 7.34. The van der Waals surface area contributed by atoms with Crippen molar-refractivity contribution in [3.63, 3.8) is 0 Å². The summed E-state index contributed by atoms with van der Waals surface area (Å²) in [6.45, 7) is 4.06. The minimum atomic E-state index is -0.422. The number of carbonyl (C=O) groups excluding carboxylic acids is 1. The molecule has 6 heteroatoms. The summed E-state index contributed by atoms with van der Waals surface area (Å²) in [5.74, 6) is 0.748. The number of hydrogen-bond acceptors (Lipinski definition) is 4. The van der Waals surface area contributed by atoms with E-state index in [1.807, 2.05) is 32.0 Å². The van der Waals surface area contributed by atoms with Gasteiger partial charge in [0.15, 0.2) is 6.23 Å². The summed E-state index contributed by atoms with van der Waals surface area (Å²) < 4.78 is 11.0. The molecule has 0 radical (unpaired) electrons. The Kier molecular flexibility index (Phi) is 3.10. The molecule has 2 atom stereocenters. The molecular formula is C14H18N2O3S. The number of nitrogens with zero attached hydrogens (tertiary/aromatic N) is 1. The summed E-state index contributed by atoms with van der Waals surface area (Å²) in [6.07, 6.45) is -0.422. The van der Waals surface area contributed by atoms with Gasteiger partial charge in [0.1, 0.15) is 11.1 Å². The lowest BCUT2D eigenvalue weighted by atomic mass is 10.1.